The first kappa shape index (κ1) is 76.1. The molecule has 6 heteroatoms. The molecule has 0 saturated carbocycles. The van der Waals surface area contributed by atoms with Gasteiger partial charge in [0.25, 0.3) is 0 Å². The topological polar surface area (TPSA) is 78.9 Å². The van der Waals surface area contributed by atoms with E-state index in [1.54, 1.807) is 0 Å². The third kappa shape index (κ3) is 64.9. The largest absolute Gasteiger partial charge is 0.462 e. The molecule has 0 saturated heterocycles. The Labute approximate surface area is 495 Å². The van der Waals surface area contributed by atoms with Gasteiger partial charge in [0.15, 0.2) is 6.10 Å². The van der Waals surface area contributed by atoms with Crippen LogP contribution in [-0.2, 0) is 28.6 Å². The fourth-order valence-corrected chi connectivity index (χ4v) is 9.45. The first-order chi connectivity index (χ1) is 39.5. The van der Waals surface area contributed by atoms with Crippen molar-refractivity contribution in [3.63, 3.8) is 0 Å². The third-order valence-corrected chi connectivity index (χ3v) is 14.5. The Morgan fingerprint density at radius 1 is 0.263 bits per heavy atom. The van der Waals surface area contributed by atoms with Crippen LogP contribution in [-0.4, -0.2) is 37.2 Å². The Hall–Kier alpha value is -3.93. The first-order valence-corrected chi connectivity index (χ1v) is 33.9. The molecule has 0 rings (SSSR count). The molecule has 0 aromatic heterocycles. The molecule has 0 fully saturated rings. The summed E-state index contributed by atoms with van der Waals surface area (Å²) in [5.74, 6) is -0.886. The number of esters is 3. The molecule has 0 aliphatic heterocycles. The van der Waals surface area contributed by atoms with E-state index in [4.69, 9.17) is 14.2 Å². The van der Waals surface area contributed by atoms with Gasteiger partial charge in [-0.1, -0.05) is 304 Å². The molecule has 6 nitrogen and oxygen atoms in total. The molecular weight excluding hydrogens is 985 g/mol. The number of hydrogen-bond donors (Lipinski definition) is 0. The van der Waals surface area contributed by atoms with Gasteiger partial charge in [0.2, 0.25) is 0 Å². The number of ether oxygens (including phenoxy) is 3. The van der Waals surface area contributed by atoms with Crippen molar-refractivity contribution in [2.45, 2.75) is 329 Å². The summed E-state index contributed by atoms with van der Waals surface area (Å²) in [6, 6.07) is 0. The number of unbranched alkanes of at least 4 members (excludes halogenated alkanes) is 32. The fraction of sp³-hybridized carbons (Fsp3) is 0.716. The van der Waals surface area contributed by atoms with Crippen LogP contribution in [0.2, 0.25) is 0 Å². The highest BCUT2D eigenvalue weighted by Crippen LogP contribution is 2.16. The SMILES string of the molecule is CC/C=C\C/C=C\C/C=C\C/C=C\C/C=C\C/C=C\C/C=C\CCCCCCCCCC(=O)OCC(COC(=O)CCCCCCCCCCCCCC)OC(=O)CCCCCCCCCCC/C=C\C/C=C\CCCCCCC. The lowest BCUT2D eigenvalue weighted by atomic mass is 10.0. The Morgan fingerprint density at radius 2 is 0.487 bits per heavy atom. The van der Waals surface area contributed by atoms with Crippen molar-refractivity contribution in [2.75, 3.05) is 13.2 Å². The van der Waals surface area contributed by atoms with E-state index in [1.807, 2.05) is 0 Å². The van der Waals surface area contributed by atoms with E-state index in [0.29, 0.717) is 19.3 Å². The molecular formula is C74H126O6. The van der Waals surface area contributed by atoms with Gasteiger partial charge in [-0.05, 0) is 109 Å². The zero-order valence-electron chi connectivity index (χ0n) is 52.6. The van der Waals surface area contributed by atoms with Crippen molar-refractivity contribution in [1.29, 1.82) is 0 Å². The van der Waals surface area contributed by atoms with Gasteiger partial charge in [-0.25, -0.2) is 0 Å². The van der Waals surface area contributed by atoms with Crippen molar-refractivity contribution in [2.24, 2.45) is 0 Å². The van der Waals surface area contributed by atoms with Crippen LogP contribution in [0.5, 0.6) is 0 Å². The lowest BCUT2D eigenvalue weighted by Crippen LogP contribution is -2.30. The second-order valence-electron chi connectivity index (χ2n) is 22.4. The van der Waals surface area contributed by atoms with Gasteiger partial charge in [-0.15, -0.1) is 0 Å². The zero-order chi connectivity index (χ0) is 57.8. The van der Waals surface area contributed by atoms with Gasteiger partial charge in [0, 0.05) is 19.3 Å². The summed E-state index contributed by atoms with van der Waals surface area (Å²) in [7, 11) is 0. The average Bonchev–Trinajstić information content (AvgIpc) is 3.46. The highest BCUT2D eigenvalue weighted by atomic mass is 16.6. The normalized spacial score (nSPS) is 12.8. The maximum atomic E-state index is 12.9. The predicted octanol–water partition coefficient (Wildman–Crippen LogP) is 23.4. The Kier molecular flexibility index (Phi) is 64.3. The van der Waals surface area contributed by atoms with Crippen molar-refractivity contribution < 1.29 is 28.6 Å². The smallest absolute Gasteiger partial charge is 0.306 e. The molecule has 0 heterocycles. The van der Waals surface area contributed by atoms with E-state index in [0.717, 1.165) is 116 Å². The molecule has 0 aliphatic rings. The lowest BCUT2D eigenvalue weighted by molar-refractivity contribution is -0.167. The molecule has 0 spiro atoms. The van der Waals surface area contributed by atoms with Crippen LogP contribution in [0.1, 0.15) is 323 Å². The summed E-state index contributed by atoms with van der Waals surface area (Å²) in [5, 5.41) is 0. The van der Waals surface area contributed by atoms with Gasteiger partial charge >= 0.3 is 17.9 Å². The third-order valence-electron chi connectivity index (χ3n) is 14.5. The maximum Gasteiger partial charge on any atom is 0.306 e. The van der Waals surface area contributed by atoms with Crippen molar-refractivity contribution >= 4 is 17.9 Å². The van der Waals surface area contributed by atoms with Crippen LogP contribution in [0.3, 0.4) is 0 Å². The summed E-state index contributed by atoms with van der Waals surface area (Å²) in [4.78, 5) is 38.4. The minimum absolute atomic E-state index is 0.0810. The first-order valence-electron chi connectivity index (χ1n) is 33.9. The van der Waals surface area contributed by atoms with Crippen LogP contribution in [0.15, 0.2) is 109 Å². The molecule has 1 unspecified atom stereocenters. The lowest BCUT2D eigenvalue weighted by Gasteiger charge is -2.18. The molecule has 1 atom stereocenters. The number of allylic oxidation sites excluding steroid dienone is 18. The molecule has 0 radical (unpaired) electrons. The monoisotopic (exact) mass is 1110 g/mol. The molecule has 458 valence electrons. The van der Waals surface area contributed by atoms with Gasteiger partial charge in [-0.3, -0.25) is 14.4 Å². The molecule has 80 heavy (non-hydrogen) atoms. The summed E-state index contributed by atoms with van der Waals surface area (Å²) in [6.07, 6.45) is 92.4. The zero-order valence-corrected chi connectivity index (χ0v) is 52.6. The Morgan fingerprint density at radius 3 is 0.762 bits per heavy atom. The minimum Gasteiger partial charge on any atom is -0.462 e. The summed E-state index contributed by atoms with van der Waals surface area (Å²) in [6.45, 7) is 6.53. The van der Waals surface area contributed by atoms with Gasteiger partial charge in [-0.2, -0.15) is 0 Å². The standard InChI is InChI=1S/C74H126O6/c1-4-7-10-13-16-19-22-25-27-29-31-33-34-35-36-37-38-39-40-42-43-45-47-49-52-55-58-61-64-67-73(76)79-70-71(69-78-72(75)66-63-60-57-54-51-24-21-18-15-12-9-6-3)80-74(77)68-65-62-59-56-53-50-48-46-44-41-32-30-28-26-23-20-17-14-11-8-5-2/h7,10,16,19,23,25-27,30-33,35-36,38-39,42-43,71H,4-6,8-9,11-15,17-18,20-22,24,28-29,34,37,40-41,44-70H2,1-3H3/b10-7-,19-16-,26-23-,27-25-,32-30-,33-31-,36-35-,39-38-,43-42-. The molecule has 0 N–H and O–H groups in total. The molecule has 0 aliphatic carbocycles. The van der Waals surface area contributed by atoms with Crippen LogP contribution in [0, 0.1) is 0 Å². The molecule has 0 aromatic rings. The van der Waals surface area contributed by atoms with E-state index >= 15 is 0 Å². The molecule has 0 aromatic carbocycles. The average molecular weight is 1110 g/mol. The van der Waals surface area contributed by atoms with E-state index < -0.39 is 6.10 Å². The molecule has 0 amide bonds. The van der Waals surface area contributed by atoms with E-state index in [-0.39, 0.29) is 31.1 Å². The highest BCUT2D eigenvalue weighted by molar-refractivity contribution is 5.71. The summed E-state index contributed by atoms with van der Waals surface area (Å²) >= 11 is 0. The van der Waals surface area contributed by atoms with Crippen LogP contribution in [0.4, 0.5) is 0 Å². The van der Waals surface area contributed by atoms with E-state index in [1.165, 1.54) is 167 Å². The highest BCUT2D eigenvalue weighted by Gasteiger charge is 2.19. The fourth-order valence-electron chi connectivity index (χ4n) is 9.45. The maximum absolute atomic E-state index is 12.9. The molecule has 0 bridgehead atoms. The second kappa shape index (κ2) is 67.6. The Bertz CT molecular complexity index is 1610. The number of hydrogen-bond acceptors (Lipinski definition) is 6. The predicted molar refractivity (Wildman–Crippen MR) is 348 cm³/mol. The van der Waals surface area contributed by atoms with Gasteiger partial charge < -0.3 is 14.2 Å². The number of carbonyl (C=O) groups excluding carboxylic acids is 3. The van der Waals surface area contributed by atoms with E-state index in [9.17, 15) is 14.4 Å². The number of carbonyl (C=O) groups is 3. The Balaban J connectivity index is 4.32. The van der Waals surface area contributed by atoms with Crippen LogP contribution < -0.4 is 0 Å². The summed E-state index contributed by atoms with van der Waals surface area (Å²) < 4.78 is 16.9. The van der Waals surface area contributed by atoms with Crippen molar-refractivity contribution in [3.05, 3.63) is 109 Å². The summed E-state index contributed by atoms with van der Waals surface area (Å²) in [5.41, 5.74) is 0. The minimum atomic E-state index is -0.786. The van der Waals surface area contributed by atoms with Crippen molar-refractivity contribution in [3.8, 4) is 0 Å². The second-order valence-corrected chi connectivity index (χ2v) is 22.4. The quantitative estimate of drug-likeness (QED) is 0.0261. The van der Waals surface area contributed by atoms with Crippen LogP contribution >= 0.6 is 0 Å². The van der Waals surface area contributed by atoms with Crippen molar-refractivity contribution in [1.82, 2.24) is 0 Å². The number of rotatable bonds is 61. The van der Waals surface area contributed by atoms with Gasteiger partial charge in [0.05, 0.1) is 0 Å². The van der Waals surface area contributed by atoms with Crippen LogP contribution in [0.25, 0.3) is 0 Å². The van der Waals surface area contributed by atoms with E-state index in [2.05, 4.69) is 130 Å². The van der Waals surface area contributed by atoms with Gasteiger partial charge in [0.1, 0.15) is 13.2 Å².